The fraction of sp³-hybridized carbons (Fsp3) is 0.318. The van der Waals surface area contributed by atoms with Gasteiger partial charge in [0.2, 0.25) is 10.0 Å². The topological polar surface area (TPSA) is 94.4 Å². The third-order valence-electron chi connectivity index (χ3n) is 4.90. The first-order valence-electron chi connectivity index (χ1n) is 10.0. The van der Waals surface area contributed by atoms with Gasteiger partial charge in [-0.3, -0.25) is 4.79 Å². The van der Waals surface area contributed by atoms with Gasteiger partial charge in [-0.05, 0) is 39.5 Å². The molecule has 170 valence electrons. The van der Waals surface area contributed by atoms with E-state index in [-0.39, 0.29) is 17.4 Å². The quantitative estimate of drug-likeness (QED) is 0.401. The van der Waals surface area contributed by atoms with E-state index in [0.717, 1.165) is 9.87 Å². The molecule has 10 heteroatoms. The molecule has 0 bridgehead atoms. The molecule has 0 aliphatic rings. The van der Waals surface area contributed by atoms with Crippen LogP contribution in [0.5, 0.6) is 0 Å². The fourth-order valence-electron chi connectivity index (χ4n) is 3.37. The van der Waals surface area contributed by atoms with Crippen LogP contribution in [0.25, 0.3) is 0 Å². The van der Waals surface area contributed by atoms with E-state index in [9.17, 15) is 13.2 Å². The van der Waals surface area contributed by atoms with E-state index in [4.69, 9.17) is 4.74 Å². The number of nitrogens with zero attached hydrogens (tertiary/aromatic N) is 4. The van der Waals surface area contributed by atoms with Crippen LogP contribution in [-0.2, 0) is 32.6 Å². The number of benzene rings is 2. The van der Waals surface area contributed by atoms with Crippen molar-refractivity contribution in [3.05, 3.63) is 76.5 Å². The molecule has 32 heavy (non-hydrogen) atoms. The molecular weight excluding hydrogens is 496 g/mol. The summed E-state index contributed by atoms with van der Waals surface area (Å²) in [6.45, 7) is 3.92. The number of hydrogen-bond acceptors (Lipinski definition) is 6. The molecule has 0 spiro atoms. The minimum absolute atomic E-state index is 0.0613. The lowest BCUT2D eigenvalue weighted by Gasteiger charge is -2.31. The SMILES string of the molecule is COC(=O)[C@H](C(C)C)N(Cc1cn(Cc2ccccc2)nn1)S(=O)(=O)c1ccccc1Br. The van der Waals surface area contributed by atoms with Crippen molar-refractivity contribution >= 4 is 31.9 Å². The molecular formula is C22H25BrN4O4S. The number of carbonyl (C=O) groups excluding carboxylic acids is 1. The van der Waals surface area contributed by atoms with Crippen LogP contribution in [-0.4, -0.2) is 46.8 Å². The highest BCUT2D eigenvalue weighted by atomic mass is 79.9. The molecule has 0 unspecified atom stereocenters. The number of rotatable bonds is 9. The molecule has 0 fully saturated rings. The second-order valence-corrected chi connectivity index (χ2v) is 10.3. The number of esters is 1. The molecule has 0 N–H and O–H groups in total. The van der Waals surface area contributed by atoms with E-state index in [1.807, 2.05) is 30.3 Å². The number of sulfonamides is 1. The molecule has 0 radical (unpaired) electrons. The summed E-state index contributed by atoms with van der Waals surface area (Å²) in [5.74, 6) is -0.966. The molecule has 3 aromatic rings. The molecule has 1 heterocycles. The van der Waals surface area contributed by atoms with Crippen molar-refractivity contribution in [2.45, 2.75) is 37.9 Å². The molecule has 1 atom stereocenters. The Kier molecular flexibility index (Phi) is 7.81. The lowest BCUT2D eigenvalue weighted by Crippen LogP contribution is -2.48. The van der Waals surface area contributed by atoms with Gasteiger partial charge in [0.1, 0.15) is 6.04 Å². The Morgan fingerprint density at radius 2 is 1.78 bits per heavy atom. The highest BCUT2D eigenvalue weighted by Gasteiger charge is 2.40. The predicted octanol–water partition coefficient (Wildman–Crippen LogP) is 3.48. The molecule has 2 aromatic carbocycles. The number of carbonyl (C=O) groups is 1. The van der Waals surface area contributed by atoms with Crippen LogP contribution < -0.4 is 0 Å². The van der Waals surface area contributed by atoms with Crippen molar-refractivity contribution in [2.24, 2.45) is 5.92 Å². The minimum Gasteiger partial charge on any atom is -0.468 e. The average molecular weight is 521 g/mol. The second-order valence-electron chi connectivity index (χ2n) is 7.59. The summed E-state index contributed by atoms with van der Waals surface area (Å²) in [7, 11) is -2.82. The van der Waals surface area contributed by atoms with Crippen LogP contribution in [0.3, 0.4) is 0 Å². The minimum atomic E-state index is -4.07. The zero-order valence-corrected chi connectivity index (χ0v) is 20.5. The highest BCUT2D eigenvalue weighted by Crippen LogP contribution is 2.29. The monoisotopic (exact) mass is 520 g/mol. The zero-order valence-electron chi connectivity index (χ0n) is 18.1. The summed E-state index contributed by atoms with van der Waals surface area (Å²) in [6, 6.07) is 15.2. The van der Waals surface area contributed by atoms with Crippen LogP contribution in [0.2, 0.25) is 0 Å². The summed E-state index contributed by atoms with van der Waals surface area (Å²) in [5.41, 5.74) is 1.46. The maximum absolute atomic E-state index is 13.7. The van der Waals surface area contributed by atoms with Crippen LogP contribution in [0.15, 0.2) is 70.2 Å². The van der Waals surface area contributed by atoms with Crippen LogP contribution in [0.4, 0.5) is 0 Å². The Hall–Kier alpha value is -2.56. The maximum Gasteiger partial charge on any atom is 0.324 e. The molecule has 8 nitrogen and oxygen atoms in total. The van der Waals surface area contributed by atoms with E-state index in [2.05, 4.69) is 26.2 Å². The van der Waals surface area contributed by atoms with Gasteiger partial charge in [-0.15, -0.1) is 5.10 Å². The summed E-state index contributed by atoms with van der Waals surface area (Å²) in [6.07, 6.45) is 1.68. The fourth-order valence-corrected chi connectivity index (χ4v) is 6.02. The van der Waals surface area contributed by atoms with E-state index in [1.54, 1.807) is 42.9 Å². The lowest BCUT2D eigenvalue weighted by atomic mass is 10.0. The van der Waals surface area contributed by atoms with E-state index in [0.29, 0.717) is 16.7 Å². The van der Waals surface area contributed by atoms with Crippen molar-refractivity contribution < 1.29 is 17.9 Å². The first-order valence-corrected chi connectivity index (χ1v) is 12.2. The second kappa shape index (κ2) is 10.4. The Balaban J connectivity index is 1.98. The molecule has 0 amide bonds. The molecule has 1 aromatic heterocycles. The molecule has 0 saturated heterocycles. The van der Waals surface area contributed by atoms with Gasteiger partial charge in [-0.1, -0.05) is 61.5 Å². The lowest BCUT2D eigenvalue weighted by molar-refractivity contribution is -0.146. The largest absolute Gasteiger partial charge is 0.468 e. The van der Waals surface area contributed by atoms with E-state index in [1.165, 1.54) is 13.2 Å². The summed E-state index contributed by atoms with van der Waals surface area (Å²) in [4.78, 5) is 12.7. The summed E-state index contributed by atoms with van der Waals surface area (Å²) >= 11 is 3.31. The Morgan fingerprint density at radius 3 is 2.41 bits per heavy atom. The predicted molar refractivity (Wildman–Crippen MR) is 123 cm³/mol. The van der Waals surface area contributed by atoms with Gasteiger partial charge in [0.05, 0.1) is 37.0 Å². The van der Waals surface area contributed by atoms with Crippen molar-refractivity contribution in [3.63, 3.8) is 0 Å². The third kappa shape index (κ3) is 5.43. The first-order chi connectivity index (χ1) is 15.2. The molecule has 0 aliphatic heterocycles. The summed E-state index contributed by atoms with van der Waals surface area (Å²) < 4.78 is 35.4. The van der Waals surface area contributed by atoms with Gasteiger partial charge in [0.25, 0.3) is 0 Å². The van der Waals surface area contributed by atoms with Gasteiger partial charge < -0.3 is 4.74 Å². The molecule has 0 aliphatic carbocycles. The molecule has 0 saturated carbocycles. The first kappa shape index (κ1) is 24.1. The smallest absolute Gasteiger partial charge is 0.324 e. The van der Waals surface area contributed by atoms with Crippen LogP contribution in [0, 0.1) is 5.92 Å². The number of halogens is 1. The Bertz CT molecular complexity index is 1170. The van der Waals surface area contributed by atoms with Crippen molar-refractivity contribution in [3.8, 4) is 0 Å². The van der Waals surface area contributed by atoms with Gasteiger partial charge in [0.15, 0.2) is 0 Å². The van der Waals surface area contributed by atoms with Gasteiger partial charge in [-0.2, -0.15) is 4.31 Å². The standard InChI is InChI=1S/C22H25BrN4O4S/c1-16(2)21(22(28)31-3)27(32(29,30)20-12-8-7-11-19(20)23)15-18-14-26(25-24-18)13-17-9-5-4-6-10-17/h4-12,14,16,21H,13,15H2,1-3H3/t21-/m0/s1. The van der Waals surface area contributed by atoms with Crippen molar-refractivity contribution in [1.82, 2.24) is 19.3 Å². The van der Waals surface area contributed by atoms with Crippen molar-refractivity contribution in [2.75, 3.05) is 7.11 Å². The summed E-state index contributed by atoms with van der Waals surface area (Å²) in [5, 5.41) is 8.28. The van der Waals surface area contributed by atoms with Crippen LogP contribution in [0.1, 0.15) is 25.1 Å². The maximum atomic E-state index is 13.7. The van der Waals surface area contributed by atoms with E-state index >= 15 is 0 Å². The van der Waals surface area contributed by atoms with Crippen molar-refractivity contribution in [1.29, 1.82) is 0 Å². The Labute approximate surface area is 196 Å². The highest BCUT2D eigenvalue weighted by molar-refractivity contribution is 9.10. The van der Waals surface area contributed by atoms with E-state index < -0.39 is 22.0 Å². The average Bonchev–Trinajstić information content (AvgIpc) is 3.20. The zero-order chi connectivity index (χ0) is 23.3. The number of methoxy groups -OCH3 is 1. The Morgan fingerprint density at radius 1 is 1.12 bits per heavy atom. The number of aromatic nitrogens is 3. The van der Waals surface area contributed by atoms with Gasteiger partial charge >= 0.3 is 5.97 Å². The number of ether oxygens (including phenoxy) is 1. The number of hydrogen-bond donors (Lipinski definition) is 0. The normalized spacial score (nSPS) is 12.8. The third-order valence-corrected chi connectivity index (χ3v) is 7.74. The van der Waals surface area contributed by atoms with Gasteiger partial charge in [0, 0.05) is 4.47 Å². The van der Waals surface area contributed by atoms with Gasteiger partial charge in [-0.25, -0.2) is 13.1 Å². The van der Waals surface area contributed by atoms with Crippen LogP contribution >= 0.6 is 15.9 Å². The molecule has 3 rings (SSSR count).